The average Bonchev–Trinajstić information content (AvgIpc) is 2.88. The molecule has 0 aromatic heterocycles. The van der Waals surface area contributed by atoms with E-state index < -0.39 is 0 Å². The molecular formula is C17H31IN6O2. The normalized spacial score (nSPS) is 19.2. The van der Waals surface area contributed by atoms with Crippen LogP contribution in [0.25, 0.3) is 0 Å². The molecule has 0 bridgehead atoms. The quantitative estimate of drug-likeness (QED) is 0.165. The predicted molar refractivity (Wildman–Crippen MR) is 114 cm³/mol. The number of hydrogen-bond acceptors (Lipinski definition) is 4. The van der Waals surface area contributed by atoms with Crippen LogP contribution in [-0.2, 0) is 4.79 Å². The Morgan fingerprint density at radius 2 is 2.04 bits per heavy atom. The van der Waals surface area contributed by atoms with Crippen molar-refractivity contribution in [2.45, 2.75) is 32.7 Å². The highest BCUT2D eigenvalue weighted by atomic mass is 127. The van der Waals surface area contributed by atoms with Gasteiger partial charge in [0.15, 0.2) is 5.96 Å². The smallest absolute Gasteiger partial charge is 0.324 e. The van der Waals surface area contributed by atoms with Crippen LogP contribution in [0.5, 0.6) is 0 Å². The molecule has 2 aliphatic rings. The van der Waals surface area contributed by atoms with E-state index in [1.54, 1.807) is 0 Å². The van der Waals surface area contributed by atoms with Crippen molar-refractivity contribution < 1.29 is 9.59 Å². The highest BCUT2D eigenvalue weighted by Gasteiger charge is 2.27. The van der Waals surface area contributed by atoms with Gasteiger partial charge in [0, 0.05) is 32.2 Å². The Morgan fingerprint density at radius 3 is 2.58 bits per heavy atom. The number of rotatable bonds is 7. The van der Waals surface area contributed by atoms with Gasteiger partial charge in [-0.15, -0.1) is 24.0 Å². The first-order chi connectivity index (χ1) is 12.0. The molecule has 3 amide bonds. The first-order valence-electron chi connectivity index (χ1n) is 8.99. The fraction of sp³-hybridized carbons (Fsp3) is 0.706. The second kappa shape index (κ2) is 11.4. The van der Waals surface area contributed by atoms with Crippen molar-refractivity contribution >= 4 is 41.9 Å². The SMILES string of the molecule is C=C(C)CN1CCC(NC(=NCCN2C(=O)CNC2=O)NCC)CC1.I. The topological polar surface area (TPSA) is 89.1 Å². The van der Waals surface area contributed by atoms with Crippen molar-refractivity contribution in [3.8, 4) is 0 Å². The third-order valence-corrected chi connectivity index (χ3v) is 4.30. The summed E-state index contributed by atoms with van der Waals surface area (Å²) < 4.78 is 0. The molecule has 9 heteroatoms. The molecule has 2 saturated heterocycles. The van der Waals surface area contributed by atoms with Gasteiger partial charge in [-0.05, 0) is 26.7 Å². The van der Waals surface area contributed by atoms with Crippen molar-refractivity contribution in [2.75, 3.05) is 45.8 Å². The van der Waals surface area contributed by atoms with Crippen LogP contribution in [0.15, 0.2) is 17.1 Å². The molecule has 0 aromatic rings. The van der Waals surface area contributed by atoms with Gasteiger partial charge in [0.1, 0.15) is 0 Å². The summed E-state index contributed by atoms with van der Waals surface area (Å²) >= 11 is 0. The van der Waals surface area contributed by atoms with E-state index in [1.807, 2.05) is 6.92 Å². The molecule has 3 N–H and O–H groups in total. The molecule has 2 rings (SSSR count). The lowest BCUT2D eigenvalue weighted by Gasteiger charge is -2.33. The van der Waals surface area contributed by atoms with E-state index in [1.165, 1.54) is 10.5 Å². The summed E-state index contributed by atoms with van der Waals surface area (Å²) in [5.74, 6) is 0.552. The molecule has 26 heavy (non-hydrogen) atoms. The van der Waals surface area contributed by atoms with Gasteiger partial charge in [0.2, 0.25) is 5.91 Å². The van der Waals surface area contributed by atoms with E-state index in [-0.39, 0.29) is 42.5 Å². The van der Waals surface area contributed by atoms with Crippen molar-refractivity contribution in [1.82, 2.24) is 25.8 Å². The van der Waals surface area contributed by atoms with E-state index in [4.69, 9.17) is 0 Å². The number of urea groups is 1. The number of imide groups is 1. The molecule has 2 fully saturated rings. The van der Waals surface area contributed by atoms with Gasteiger partial charge in [0.25, 0.3) is 0 Å². The number of nitrogens with one attached hydrogen (secondary N) is 3. The Hall–Kier alpha value is -1.36. The van der Waals surface area contributed by atoms with Crippen molar-refractivity contribution in [3.05, 3.63) is 12.2 Å². The van der Waals surface area contributed by atoms with Crippen LogP contribution in [0.2, 0.25) is 0 Å². The molecule has 2 heterocycles. The molecule has 8 nitrogen and oxygen atoms in total. The average molecular weight is 478 g/mol. The van der Waals surface area contributed by atoms with E-state index in [9.17, 15) is 9.59 Å². The van der Waals surface area contributed by atoms with Crippen LogP contribution in [-0.4, -0.2) is 79.6 Å². The maximum absolute atomic E-state index is 11.6. The Kier molecular flexibility index (Phi) is 9.92. The molecule has 0 spiro atoms. The number of guanidine groups is 1. The minimum Gasteiger partial charge on any atom is -0.357 e. The number of likely N-dealkylation sites (tertiary alicyclic amines) is 1. The molecule has 0 atom stereocenters. The van der Waals surface area contributed by atoms with E-state index in [0.29, 0.717) is 19.1 Å². The molecule has 0 unspecified atom stereocenters. The molecule has 0 saturated carbocycles. The summed E-state index contributed by atoms with van der Waals surface area (Å²) in [6.07, 6.45) is 2.12. The third-order valence-electron chi connectivity index (χ3n) is 4.30. The number of amides is 3. The van der Waals surface area contributed by atoms with Gasteiger partial charge in [-0.25, -0.2) is 4.79 Å². The van der Waals surface area contributed by atoms with Crippen LogP contribution in [0.3, 0.4) is 0 Å². The van der Waals surface area contributed by atoms with Crippen molar-refractivity contribution in [2.24, 2.45) is 4.99 Å². The van der Waals surface area contributed by atoms with Gasteiger partial charge in [-0.2, -0.15) is 0 Å². The number of aliphatic imine (C=N–C) groups is 1. The predicted octanol–water partition coefficient (Wildman–Crippen LogP) is 0.752. The summed E-state index contributed by atoms with van der Waals surface area (Å²) in [5, 5.41) is 9.21. The first kappa shape index (κ1) is 22.7. The minimum absolute atomic E-state index is 0. The maximum atomic E-state index is 11.6. The van der Waals surface area contributed by atoms with Crippen molar-refractivity contribution in [1.29, 1.82) is 0 Å². The molecular weight excluding hydrogens is 447 g/mol. The van der Waals surface area contributed by atoms with Gasteiger partial charge in [-0.3, -0.25) is 19.6 Å². The standard InChI is InChI=1S/C17H30N6O2.HI/c1-4-18-16(19-7-10-23-15(24)11-20-17(23)25)21-14-5-8-22(9-6-14)12-13(2)3;/h14H,2,4-12H2,1,3H3,(H,20,25)(H2,18,19,21);1H. The maximum Gasteiger partial charge on any atom is 0.324 e. The summed E-state index contributed by atoms with van der Waals surface area (Å²) in [4.78, 5) is 31.2. The first-order valence-corrected chi connectivity index (χ1v) is 8.99. The number of carbonyl (C=O) groups is 2. The number of piperidine rings is 1. The second-order valence-corrected chi connectivity index (χ2v) is 6.62. The number of nitrogens with zero attached hydrogens (tertiary/aromatic N) is 3. The number of carbonyl (C=O) groups excluding carboxylic acids is 2. The van der Waals surface area contributed by atoms with Crippen LogP contribution in [0.1, 0.15) is 26.7 Å². The highest BCUT2D eigenvalue weighted by molar-refractivity contribution is 14.0. The zero-order chi connectivity index (χ0) is 18.2. The second-order valence-electron chi connectivity index (χ2n) is 6.62. The number of hydrogen-bond donors (Lipinski definition) is 3. The Morgan fingerprint density at radius 1 is 1.35 bits per heavy atom. The Bertz CT molecular complexity index is 515. The Balaban J connectivity index is 0.00000338. The zero-order valence-corrected chi connectivity index (χ0v) is 18.0. The van der Waals surface area contributed by atoms with Crippen molar-refractivity contribution in [3.63, 3.8) is 0 Å². The van der Waals surface area contributed by atoms with Gasteiger partial charge >= 0.3 is 6.03 Å². The highest BCUT2D eigenvalue weighted by Crippen LogP contribution is 2.11. The Labute approximate surface area is 172 Å². The van der Waals surface area contributed by atoms with Crippen LogP contribution in [0, 0.1) is 0 Å². The summed E-state index contributed by atoms with van der Waals surface area (Å²) in [7, 11) is 0. The minimum atomic E-state index is -0.331. The fourth-order valence-corrected chi connectivity index (χ4v) is 3.07. The summed E-state index contributed by atoms with van der Waals surface area (Å²) in [5.41, 5.74) is 1.20. The van der Waals surface area contributed by atoms with Gasteiger partial charge < -0.3 is 16.0 Å². The molecule has 2 aliphatic heterocycles. The lowest BCUT2D eigenvalue weighted by molar-refractivity contribution is -0.124. The van der Waals surface area contributed by atoms with Gasteiger partial charge in [-0.1, -0.05) is 12.2 Å². The molecule has 0 aromatic carbocycles. The van der Waals surface area contributed by atoms with E-state index in [2.05, 4.69) is 39.3 Å². The lowest BCUT2D eigenvalue weighted by atomic mass is 10.0. The van der Waals surface area contributed by atoms with Crippen LogP contribution in [0.4, 0.5) is 4.79 Å². The van der Waals surface area contributed by atoms with E-state index >= 15 is 0 Å². The fourth-order valence-electron chi connectivity index (χ4n) is 3.07. The van der Waals surface area contributed by atoms with E-state index in [0.717, 1.165) is 45.0 Å². The third kappa shape index (κ3) is 7.10. The van der Waals surface area contributed by atoms with Crippen LogP contribution >= 0.6 is 24.0 Å². The zero-order valence-electron chi connectivity index (χ0n) is 15.7. The monoisotopic (exact) mass is 478 g/mol. The summed E-state index contributed by atoms with van der Waals surface area (Å²) in [6, 6.07) is 0.0546. The molecule has 0 aliphatic carbocycles. The lowest BCUT2D eigenvalue weighted by Crippen LogP contribution is -2.49. The number of halogens is 1. The van der Waals surface area contributed by atoms with Gasteiger partial charge in [0.05, 0.1) is 19.6 Å². The summed E-state index contributed by atoms with van der Waals surface area (Å²) in [6.45, 7) is 12.7. The van der Waals surface area contributed by atoms with Crippen LogP contribution < -0.4 is 16.0 Å². The molecule has 0 radical (unpaired) electrons. The largest absolute Gasteiger partial charge is 0.357 e. The molecule has 148 valence electrons.